The molecule has 84 valence electrons. The van der Waals surface area contributed by atoms with Gasteiger partial charge in [0.2, 0.25) is 0 Å². The Labute approximate surface area is 83.8 Å². The molecule has 0 amide bonds. The van der Waals surface area contributed by atoms with Gasteiger partial charge in [0.1, 0.15) is 6.10 Å². The van der Waals surface area contributed by atoms with Gasteiger partial charge in [-0.2, -0.15) is 0 Å². The van der Waals surface area contributed by atoms with Gasteiger partial charge < -0.3 is 25.4 Å². The van der Waals surface area contributed by atoms with Gasteiger partial charge in [0.25, 0.3) is 0 Å². The van der Waals surface area contributed by atoms with Crippen LogP contribution in [0.5, 0.6) is 0 Å². The third-order valence-electron chi connectivity index (χ3n) is 2.29. The van der Waals surface area contributed by atoms with Crippen LogP contribution in [0, 0.1) is 0 Å². The molecule has 1 rings (SSSR count). The van der Waals surface area contributed by atoms with Gasteiger partial charge >= 0.3 is 0 Å². The zero-order valence-corrected chi connectivity index (χ0v) is 8.26. The van der Waals surface area contributed by atoms with E-state index in [0.29, 0.717) is 26.0 Å². The first-order valence-electron chi connectivity index (χ1n) is 5.04. The number of aliphatic hydroxyl groups excluding tert-OH is 2. The quantitative estimate of drug-likeness (QED) is 0.512. The molecule has 0 aromatic carbocycles. The Kier molecular flexibility index (Phi) is 5.36. The predicted octanol–water partition coefficient (Wildman–Crippen LogP) is -0.790. The van der Waals surface area contributed by atoms with Gasteiger partial charge in [-0.1, -0.05) is 0 Å². The summed E-state index contributed by atoms with van der Waals surface area (Å²) >= 11 is 0. The van der Waals surface area contributed by atoms with Crippen molar-refractivity contribution in [2.45, 2.75) is 37.8 Å². The van der Waals surface area contributed by atoms with E-state index in [2.05, 4.69) is 0 Å². The molecule has 1 aliphatic rings. The summed E-state index contributed by atoms with van der Waals surface area (Å²) in [6.45, 7) is 0.992. The Balaban J connectivity index is 2.21. The molecule has 1 saturated heterocycles. The Morgan fingerprint density at radius 2 is 2.21 bits per heavy atom. The van der Waals surface area contributed by atoms with Gasteiger partial charge in [0.05, 0.1) is 19.3 Å². The minimum Gasteiger partial charge on any atom is -0.394 e. The summed E-state index contributed by atoms with van der Waals surface area (Å²) in [7, 11) is 0. The molecule has 0 unspecified atom stereocenters. The van der Waals surface area contributed by atoms with Crippen LogP contribution < -0.4 is 5.73 Å². The molecule has 0 bridgehead atoms. The number of aliphatic hydroxyl groups is 2. The lowest BCUT2D eigenvalue weighted by molar-refractivity contribution is -0.229. The fraction of sp³-hybridized carbons (Fsp3) is 1.00. The van der Waals surface area contributed by atoms with Crippen molar-refractivity contribution in [1.29, 1.82) is 0 Å². The third kappa shape index (κ3) is 3.51. The highest BCUT2D eigenvalue weighted by atomic mass is 16.7. The van der Waals surface area contributed by atoms with Crippen molar-refractivity contribution >= 4 is 0 Å². The maximum Gasteiger partial charge on any atom is 0.158 e. The molecule has 0 spiro atoms. The summed E-state index contributed by atoms with van der Waals surface area (Å²) in [6.07, 6.45) is 0.690. The predicted molar refractivity (Wildman–Crippen MR) is 50.6 cm³/mol. The standard InChI is InChI=1S/C9H19NO4/c10-4-1-5-13-9-3-2-7(12)8(6-11)14-9/h7-9,11-12H,1-6,10H2/t7-,8+,9-/m0/s1. The molecule has 0 radical (unpaired) electrons. The summed E-state index contributed by atoms with van der Waals surface area (Å²) in [5.41, 5.74) is 5.32. The molecule has 4 N–H and O–H groups in total. The first-order chi connectivity index (χ1) is 6.77. The maximum absolute atomic E-state index is 9.40. The summed E-state index contributed by atoms with van der Waals surface area (Å²) in [5, 5.41) is 18.3. The Bertz CT molecular complexity index is 156. The first kappa shape index (κ1) is 11.9. The zero-order chi connectivity index (χ0) is 10.4. The van der Waals surface area contributed by atoms with Crippen molar-refractivity contribution < 1.29 is 19.7 Å². The summed E-state index contributed by atoms with van der Waals surface area (Å²) in [5.74, 6) is 0. The van der Waals surface area contributed by atoms with E-state index in [1.807, 2.05) is 0 Å². The zero-order valence-electron chi connectivity index (χ0n) is 8.26. The van der Waals surface area contributed by atoms with E-state index in [9.17, 15) is 5.11 Å². The molecule has 5 nitrogen and oxygen atoms in total. The van der Waals surface area contributed by atoms with E-state index in [-0.39, 0.29) is 12.9 Å². The van der Waals surface area contributed by atoms with Crippen molar-refractivity contribution in [2.75, 3.05) is 19.8 Å². The lowest BCUT2D eigenvalue weighted by atomic mass is 10.1. The molecular formula is C9H19NO4. The SMILES string of the molecule is NCCCO[C@@H]1CC[C@H](O)[C@@H](CO)O1. The van der Waals surface area contributed by atoms with Crippen LogP contribution in [0.25, 0.3) is 0 Å². The van der Waals surface area contributed by atoms with Crippen molar-refractivity contribution in [3.05, 3.63) is 0 Å². The molecule has 0 aliphatic carbocycles. The van der Waals surface area contributed by atoms with Crippen molar-refractivity contribution in [3.8, 4) is 0 Å². The minimum atomic E-state index is -0.575. The van der Waals surface area contributed by atoms with Gasteiger partial charge in [-0.3, -0.25) is 0 Å². The smallest absolute Gasteiger partial charge is 0.158 e. The maximum atomic E-state index is 9.40. The topological polar surface area (TPSA) is 84.9 Å². The number of hydrogen-bond donors (Lipinski definition) is 3. The average molecular weight is 205 g/mol. The van der Waals surface area contributed by atoms with Crippen LogP contribution >= 0.6 is 0 Å². The van der Waals surface area contributed by atoms with E-state index >= 15 is 0 Å². The Morgan fingerprint density at radius 1 is 1.43 bits per heavy atom. The van der Waals surface area contributed by atoms with Crippen LogP contribution in [-0.2, 0) is 9.47 Å². The lowest BCUT2D eigenvalue weighted by Crippen LogP contribution is -2.42. The molecule has 1 heterocycles. The largest absolute Gasteiger partial charge is 0.394 e. The van der Waals surface area contributed by atoms with Crippen molar-refractivity contribution in [1.82, 2.24) is 0 Å². The van der Waals surface area contributed by atoms with E-state index in [1.54, 1.807) is 0 Å². The molecule has 3 atom stereocenters. The fourth-order valence-corrected chi connectivity index (χ4v) is 1.43. The van der Waals surface area contributed by atoms with Gasteiger partial charge in [0, 0.05) is 6.42 Å². The second-order valence-electron chi connectivity index (χ2n) is 3.44. The lowest BCUT2D eigenvalue weighted by Gasteiger charge is -2.32. The summed E-state index contributed by atoms with van der Waals surface area (Å²) in [4.78, 5) is 0. The summed E-state index contributed by atoms with van der Waals surface area (Å²) < 4.78 is 10.7. The van der Waals surface area contributed by atoms with Crippen LogP contribution in [0.2, 0.25) is 0 Å². The molecule has 5 heteroatoms. The average Bonchev–Trinajstić information content (AvgIpc) is 2.21. The highest BCUT2D eigenvalue weighted by Crippen LogP contribution is 2.20. The van der Waals surface area contributed by atoms with Crippen LogP contribution in [0.3, 0.4) is 0 Å². The number of rotatable bonds is 5. The highest BCUT2D eigenvalue weighted by Gasteiger charge is 2.29. The van der Waals surface area contributed by atoms with Gasteiger partial charge in [-0.05, 0) is 19.4 Å². The fourth-order valence-electron chi connectivity index (χ4n) is 1.43. The van der Waals surface area contributed by atoms with E-state index < -0.39 is 12.2 Å². The third-order valence-corrected chi connectivity index (χ3v) is 2.29. The van der Waals surface area contributed by atoms with Crippen molar-refractivity contribution in [2.24, 2.45) is 5.73 Å². The highest BCUT2D eigenvalue weighted by molar-refractivity contribution is 4.74. The van der Waals surface area contributed by atoms with Crippen LogP contribution in [0.1, 0.15) is 19.3 Å². The molecule has 1 aliphatic heterocycles. The van der Waals surface area contributed by atoms with Crippen LogP contribution in [0.15, 0.2) is 0 Å². The van der Waals surface area contributed by atoms with E-state index in [1.165, 1.54) is 0 Å². The van der Waals surface area contributed by atoms with Crippen LogP contribution in [0.4, 0.5) is 0 Å². The van der Waals surface area contributed by atoms with E-state index in [0.717, 1.165) is 6.42 Å². The number of hydrogen-bond acceptors (Lipinski definition) is 5. The van der Waals surface area contributed by atoms with Gasteiger partial charge in [-0.25, -0.2) is 0 Å². The van der Waals surface area contributed by atoms with E-state index in [4.69, 9.17) is 20.3 Å². The Hall–Kier alpha value is -0.200. The van der Waals surface area contributed by atoms with Gasteiger partial charge in [-0.15, -0.1) is 0 Å². The molecular weight excluding hydrogens is 186 g/mol. The van der Waals surface area contributed by atoms with Crippen LogP contribution in [-0.4, -0.2) is 48.5 Å². The normalized spacial score (nSPS) is 33.2. The number of ether oxygens (including phenoxy) is 2. The minimum absolute atomic E-state index is 0.169. The molecule has 1 fully saturated rings. The molecule has 0 aromatic rings. The molecule has 0 aromatic heterocycles. The summed E-state index contributed by atoms with van der Waals surface area (Å²) in [6, 6.07) is 0. The molecule has 0 saturated carbocycles. The second kappa shape index (κ2) is 6.31. The Morgan fingerprint density at radius 3 is 2.86 bits per heavy atom. The molecule has 14 heavy (non-hydrogen) atoms. The van der Waals surface area contributed by atoms with Crippen molar-refractivity contribution in [3.63, 3.8) is 0 Å². The van der Waals surface area contributed by atoms with Gasteiger partial charge in [0.15, 0.2) is 6.29 Å². The second-order valence-corrected chi connectivity index (χ2v) is 3.44. The first-order valence-corrected chi connectivity index (χ1v) is 5.04. The number of nitrogens with two attached hydrogens (primary N) is 1. The monoisotopic (exact) mass is 205 g/mol.